The molecule has 0 spiro atoms. The molecule has 0 aliphatic heterocycles. The monoisotopic (exact) mass is 356 g/mol. The molecule has 1 aromatic carbocycles. The highest BCUT2D eigenvalue weighted by Crippen LogP contribution is 2.12. The minimum Gasteiger partial charge on any atom is -0.459 e. The molecule has 1 heterocycles. The molecule has 0 fully saturated rings. The fourth-order valence-corrected chi connectivity index (χ4v) is 2.64. The number of hydrogen-bond donors (Lipinski definition) is 2. The maximum absolute atomic E-state index is 12.1. The Bertz CT molecular complexity index is 676. The summed E-state index contributed by atoms with van der Waals surface area (Å²) in [5, 5.41) is 5.67. The molecule has 5 nitrogen and oxygen atoms in total. The molecule has 2 rings (SSSR count). The van der Waals surface area contributed by atoms with Crippen LogP contribution in [0.1, 0.15) is 66.9 Å². The van der Waals surface area contributed by atoms with Gasteiger partial charge in [0.25, 0.3) is 11.8 Å². The van der Waals surface area contributed by atoms with E-state index in [4.69, 9.17) is 4.42 Å². The first-order valence-electron chi connectivity index (χ1n) is 9.29. The Hall–Kier alpha value is -2.56. The van der Waals surface area contributed by atoms with E-state index in [1.54, 1.807) is 36.4 Å². The molecule has 2 amide bonds. The number of hydrogen-bond acceptors (Lipinski definition) is 3. The van der Waals surface area contributed by atoms with Crippen LogP contribution in [0.5, 0.6) is 0 Å². The lowest BCUT2D eigenvalue weighted by molar-refractivity contribution is 0.0952. The van der Waals surface area contributed by atoms with Crippen LogP contribution in [0.2, 0.25) is 0 Å². The first kappa shape index (κ1) is 19.8. The number of nitrogens with one attached hydrogen (secondary N) is 2. The summed E-state index contributed by atoms with van der Waals surface area (Å²) in [5.74, 6) is 0.613. The van der Waals surface area contributed by atoms with E-state index >= 15 is 0 Å². The summed E-state index contributed by atoms with van der Waals surface area (Å²) in [6.07, 6.45) is 7.35. The van der Waals surface area contributed by atoms with Crippen molar-refractivity contribution < 1.29 is 14.0 Å². The van der Waals surface area contributed by atoms with Crippen LogP contribution < -0.4 is 10.6 Å². The van der Waals surface area contributed by atoms with Crippen molar-refractivity contribution in [3.8, 4) is 0 Å². The van der Waals surface area contributed by atoms with Crippen molar-refractivity contribution >= 4 is 17.5 Å². The van der Waals surface area contributed by atoms with Gasteiger partial charge in [-0.1, -0.05) is 39.5 Å². The highest BCUT2D eigenvalue weighted by atomic mass is 16.3. The van der Waals surface area contributed by atoms with E-state index < -0.39 is 0 Å². The first-order valence-corrected chi connectivity index (χ1v) is 9.29. The van der Waals surface area contributed by atoms with Gasteiger partial charge in [-0.15, -0.1) is 0 Å². The predicted octanol–water partition coefficient (Wildman–Crippen LogP) is 4.87. The Labute approximate surface area is 155 Å². The number of furan rings is 1. The maximum Gasteiger partial charge on any atom is 0.291 e. The van der Waals surface area contributed by atoms with Gasteiger partial charge >= 0.3 is 0 Å². The Balaban J connectivity index is 1.68. The van der Waals surface area contributed by atoms with Gasteiger partial charge in [-0.2, -0.15) is 0 Å². The summed E-state index contributed by atoms with van der Waals surface area (Å²) in [5.41, 5.74) is 1.20. The lowest BCUT2D eigenvalue weighted by Gasteiger charge is -2.07. The van der Waals surface area contributed by atoms with E-state index in [0.717, 1.165) is 18.8 Å². The summed E-state index contributed by atoms with van der Waals surface area (Å²) in [6.45, 7) is 5.18. The molecule has 0 radical (unpaired) electrons. The number of benzene rings is 1. The van der Waals surface area contributed by atoms with Gasteiger partial charge in [0.1, 0.15) is 0 Å². The second-order valence-electron chi connectivity index (χ2n) is 6.86. The zero-order valence-electron chi connectivity index (χ0n) is 15.6. The molecule has 0 aliphatic carbocycles. The predicted molar refractivity (Wildman–Crippen MR) is 103 cm³/mol. The topological polar surface area (TPSA) is 71.3 Å². The summed E-state index contributed by atoms with van der Waals surface area (Å²) < 4.78 is 5.04. The van der Waals surface area contributed by atoms with E-state index in [1.165, 1.54) is 25.5 Å². The van der Waals surface area contributed by atoms with Crippen LogP contribution >= 0.6 is 0 Å². The minimum atomic E-state index is -0.315. The van der Waals surface area contributed by atoms with E-state index in [0.29, 0.717) is 17.8 Å². The molecule has 26 heavy (non-hydrogen) atoms. The number of rotatable bonds is 10. The molecule has 0 saturated carbocycles. The van der Waals surface area contributed by atoms with Crippen LogP contribution in [-0.4, -0.2) is 18.4 Å². The van der Waals surface area contributed by atoms with Crippen molar-refractivity contribution in [2.24, 2.45) is 5.92 Å². The molecule has 140 valence electrons. The highest BCUT2D eigenvalue weighted by molar-refractivity contribution is 6.02. The van der Waals surface area contributed by atoms with E-state index in [1.807, 2.05) is 0 Å². The first-order chi connectivity index (χ1) is 12.6. The third-order valence-corrected chi connectivity index (χ3v) is 4.14. The maximum atomic E-state index is 12.1. The smallest absolute Gasteiger partial charge is 0.291 e. The molecule has 5 heteroatoms. The largest absolute Gasteiger partial charge is 0.459 e. The minimum absolute atomic E-state index is 0.0870. The zero-order valence-corrected chi connectivity index (χ0v) is 15.6. The van der Waals surface area contributed by atoms with Crippen LogP contribution in [-0.2, 0) is 0 Å². The van der Waals surface area contributed by atoms with Crippen LogP contribution in [0.4, 0.5) is 5.69 Å². The van der Waals surface area contributed by atoms with Crippen LogP contribution in [0.25, 0.3) is 0 Å². The molecular formula is C21H28N2O3. The van der Waals surface area contributed by atoms with E-state index in [2.05, 4.69) is 24.5 Å². The van der Waals surface area contributed by atoms with Crippen molar-refractivity contribution in [2.45, 2.75) is 46.0 Å². The van der Waals surface area contributed by atoms with Gasteiger partial charge in [0, 0.05) is 17.8 Å². The van der Waals surface area contributed by atoms with Crippen LogP contribution in [0, 0.1) is 5.92 Å². The number of unbranched alkanes of at least 4 members (excludes halogenated alkanes) is 3. The Morgan fingerprint density at radius 1 is 0.962 bits per heavy atom. The molecule has 0 atom stereocenters. The van der Waals surface area contributed by atoms with Gasteiger partial charge in [0.15, 0.2) is 5.76 Å². The average molecular weight is 356 g/mol. The second kappa shape index (κ2) is 10.4. The molecular weight excluding hydrogens is 328 g/mol. The Morgan fingerprint density at radius 2 is 1.69 bits per heavy atom. The molecule has 0 aliphatic rings. The van der Waals surface area contributed by atoms with Crippen LogP contribution in [0.15, 0.2) is 47.1 Å². The Morgan fingerprint density at radius 3 is 2.35 bits per heavy atom. The van der Waals surface area contributed by atoms with Gasteiger partial charge < -0.3 is 15.1 Å². The standard InChI is InChI=1S/C21H28N2O3/c1-16(2)8-5-3-4-6-14-22-20(24)17-10-12-18(13-11-17)23-21(25)19-9-7-15-26-19/h7,9-13,15-16H,3-6,8,14H2,1-2H3,(H,22,24)(H,23,25). The van der Waals surface area contributed by atoms with Gasteiger partial charge in [-0.3, -0.25) is 9.59 Å². The SMILES string of the molecule is CC(C)CCCCCCNC(=O)c1ccc(NC(=O)c2ccco2)cc1. The summed E-state index contributed by atoms with van der Waals surface area (Å²) in [6, 6.07) is 10.1. The quantitative estimate of drug-likeness (QED) is 0.597. The molecule has 0 unspecified atom stereocenters. The van der Waals surface area contributed by atoms with Gasteiger partial charge in [0.05, 0.1) is 6.26 Å². The van der Waals surface area contributed by atoms with Gasteiger partial charge in [0.2, 0.25) is 0 Å². The number of anilines is 1. The normalized spacial score (nSPS) is 10.7. The fraction of sp³-hybridized carbons (Fsp3) is 0.429. The van der Waals surface area contributed by atoms with E-state index in [-0.39, 0.29) is 17.6 Å². The van der Waals surface area contributed by atoms with Crippen molar-refractivity contribution in [1.82, 2.24) is 5.32 Å². The lowest BCUT2D eigenvalue weighted by atomic mass is 10.0. The van der Waals surface area contributed by atoms with Crippen molar-refractivity contribution in [3.05, 3.63) is 54.0 Å². The van der Waals surface area contributed by atoms with E-state index in [9.17, 15) is 9.59 Å². The number of carbonyl (C=O) groups is 2. The highest BCUT2D eigenvalue weighted by Gasteiger charge is 2.09. The van der Waals surface area contributed by atoms with Crippen molar-refractivity contribution in [3.63, 3.8) is 0 Å². The fourth-order valence-electron chi connectivity index (χ4n) is 2.64. The molecule has 2 N–H and O–H groups in total. The van der Waals surface area contributed by atoms with Crippen molar-refractivity contribution in [2.75, 3.05) is 11.9 Å². The van der Waals surface area contributed by atoms with Crippen molar-refractivity contribution in [1.29, 1.82) is 0 Å². The number of amides is 2. The second-order valence-corrected chi connectivity index (χ2v) is 6.86. The third kappa shape index (κ3) is 6.75. The average Bonchev–Trinajstić information content (AvgIpc) is 3.16. The Kier molecular flexibility index (Phi) is 7.93. The molecule has 0 saturated heterocycles. The molecule has 2 aromatic rings. The lowest BCUT2D eigenvalue weighted by Crippen LogP contribution is -2.24. The van der Waals surface area contributed by atoms with Gasteiger partial charge in [-0.05, 0) is 48.7 Å². The van der Waals surface area contributed by atoms with Gasteiger partial charge in [-0.25, -0.2) is 0 Å². The molecule has 0 bridgehead atoms. The summed E-state index contributed by atoms with van der Waals surface area (Å²) >= 11 is 0. The zero-order chi connectivity index (χ0) is 18.8. The van der Waals surface area contributed by atoms with Crippen LogP contribution in [0.3, 0.4) is 0 Å². The summed E-state index contributed by atoms with van der Waals surface area (Å²) in [4.78, 5) is 24.0. The number of carbonyl (C=O) groups excluding carboxylic acids is 2. The summed E-state index contributed by atoms with van der Waals surface area (Å²) in [7, 11) is 0. The molecule has 1 aromatic heterocycles. The third-order valence-electron chi connectivity index (χ3n) is 4.14.